The standard InChI is InChI=1S/C15H11BrN4O/c1-19-12-7-8(16)5-6-10(12)20-11-4-2-3-9(17)13(11)14(21)18-15(19)20/h2-7H,17H2,1H3. The predicted octanol–water partition coefficient (Wildman–Crippen LogP) is 2.68. The van der Waals surface area contributed by atoms with E-state index in [1.807, 2.05) is 46.3 Å². The second-order valence-electron chi connectivity index (χ2n) is 4.99. The average molecular weight is 343 g/mol. The minimum atomic E-state index is -0.298. The van der Waals surface area contributed by atoms with E-state index in [1.165, 1.54) is 0 Å². The van der Waals surface area contributed by atoms with Gasteiger partial charge in [-0.15, -0.1) is 0 Å². The fourth-order valence-corrected chi connectivity index (χ4v) is 3.15. The molecule has 0 unspecified atom stereocenters. The van der Waals surface area contributed by atoms with Crippen LogP contribution in [0.25, 0.3) is 27.7 Å². The number of benzene rings is 2. The van der Waals surface area contributed by atoms with Crippen molar-refractivity contribution in [3.05, 3.63) is 51.2 Å². The Bertz CT molecular complexity index is 1090. The first kappa shape index (κ1) is 12.4. The summed E-state index contributed by atoms with van der Waals surface area (Å²) in [4.78, 5) is 16.5. The first-order valence-corrected chi connectivity index (χ1v) is 7.22. The van der Waals surface area contributed by atoms with Gasteiger partial charge in [-0.05, 0) is 30.3 Å². The van der Waals surface area contributed by atoms with E-state index < -0.39 is 0 Å². The Balaban J connectivity index is 2.42. The fraction of sp³-hybridized carbons (Fsp3) is 0.0667. The number of aryl methyl sites for hydroxylation is 1. The normalized spacial score (nSPS) is 11.7. The van der Waals surface area contributed by atoms with Gasteiger partial charge in [0.25, 0.3) is 5.56 Å². The molecule has 0 bridgehead atoms. The number of fused-ring (bicyclic) bond motifs is 5. The van der Waals surface area contributed by atoms with Gasteiger partial charge in [0.1, 0.15) is 0 Å². The van der Waals surface area contributed by atoms with E-state index in [0.717, 1.165) is 21.0 Å². The summed E-state index contributed by atoms with van der Waals surface area (Å²) in [5, 5.41) is 0.463. The third-order valence-electron chi connectivity index (χ3n) is 3.77. The third-order valence-corrected chi connectivity index (χ3v) is 4.26. The first-order chi connectivity index (χ1) is 10.1. The number of hydrogen-bond donors (Lipinski definition) is 1. The minimum Gasteiger partial charge on any atom is -0.398 e. The number of nitrogen functional groups attached to an aromatic ring is 1. The summed E-state index contributed by atoms with van der Waals surface area (Å²) in [6.07, 6.45) is 0. The minimum absolute atomic E-state index is 0.298. The van der Waals surface area contributed by atoms with Crippen LogP contribution in [0.3, 0.4) is 0 Å². The fourth-order valence-electron chi connectivity index (χ4n) is 2.81. The zero-order valence-corrected chi connectivity index (χ0v) is 12.8. The van der Waals surface area contributed by atoms with Gasteiger partial charge in [-0.2, -0.15) is 4.98 Å². The van der Waals surface area contributed by atoms with Gasteiger partial charge >= 0.3 is 0 Å². The van der Waals surface area contributed by atoms with Crippen LogP contribution in [0.15, 0.2) is 45.7 Å². The average Bonchev–Trinajstić information content (AvgIpc) is 2.72. The molecule has 2 aromatic carbocycles. The molecule has 0 amide bonds. The molecule has 4 rings (SSSR count). The van der Waals surface area contributed by atoms with Crippen LogP contribution in [-0.4, -0.2) is 14.0 Å². The highest BCUT2D eigenvalue weighted by Gasteiger charge is 2.14. The molecule has 0 saturated heterocycles. The Morgan fingerprint density at radius 3 is 2.76 bits per heavy atom. The van der Waals surface area contributed by atoms with Gasteiger partial charge in [-0.3, -0.25) is 9.20 Å². The van der Waals surface area contributed by atoms with Crippen LogP contribution in [-0.2, 0) is 7.05 Å². The number of anilines is 1. The second-order valence-corrected chi connectivity index (χ2v) is 5.90. The highest BCUT2D eigenvalue weighted by Crippen LogP contribution is 2.26. The molecule has 21 heavy (non-hydrogen) atoms. The monoisotopic (exact) mass is 342 g/mol. The Kier molecular flexibility index (Phi) is 2.41. The molecule has 0 spiro atoms. The molecular formula is C15H11BrN4O. The SMILES string of the molecule is Cn1c2cc(Br)ccc2n2c3cccc(N)c3c(=O)nc12. The van der Waals surface area contributed by atoms with Crippen molar-refractivity contribution in [1.29, 1.82) is 0 Å². The molecule has 0 fully saturated rings. The van der Waals surface area contributed by atoms with Crippen molar-refractivity contribution >= 4 is 49.3 Å². The quantitative estimate of drug-likeness (QED) is 0.499. The predicted molar refractivity (Wildman–Crippen MR) is 87.6 cm³/mol. The molecule has 0 radical (unpaired) electrons. The van der Waals surface area contributed by atoms with E-state index in [9.17, 15) is 4.79 Å². The maximum atomic E-state index is 12.3. The van der Waals surface area contributed by atoms with Gasteiger partial charge in [-0.1, -0.05) is 22.0 Å². The number of hydrogen-bond acceptors (Lipinski definition) is 3. The van der Waals surface area contributed by atoms with Crippen LogP contribution >= 0.6 is 15.9 Å². The third kappa shape index (κ3) is 1.56. The molecule has 0 aliphatic carbocycles. The maximum Gasteiger partial charge on any atom is 0.284 e. The van der Waals surface area contributed by atoms with E-state index in [2.05, 4.69) is 20.9 Å². The van der Waals surface area contributed by atoms with E-state index >= 15 is 0 Å². The van der Waals surface area contributed by atoms with Gasteiger partial charge in [0, 0.05) is 17.2 Å². The highest BCUT2D eigenvalue weighted by molar-refractivity contribution is 9.10. The highest BCUT2D eigenvalue weighted by atomic mass is 79.9. The topological polar surface area (TPSA) is 65.3 Å². The summed E-state index contributed by atoms with van der Waals surface area (Å²) in [6, 6.07) is 11.4. The molecule has 0 aliphatic heterocycles. The molecule has 2 heterocycles. The first-order valence-electron chi connectivity index (χ1n) is 6.43. The van der Waals surface area contributed by atoms with Crippen molar-refractivity contribution < 1.29 is 0 Å². The number of halogens is 1. The largest absolute Gasteiger partial charge is 0.398 e. The smallest absolute Gasteiger partial charge is 0.284 e. The van der Waals surface area contributed by atoms with Crippen molar-refractivity contribution in [3.8, 4) is 0 Å². The molecule has 0 atom stereocenters. The van der Waals surface area contributed by atoms with E-state index in [0.29, 0.717) is 16.9 Å². The van der Waals surface area contributed by atoms with E-state index in [4.69, 9.17) is 5.73 Å². The zero-order chi connectivity index (χ0) is 14.7. The van der Waals surface area contributed by atoms with Gasteiger partial charge in [-0.25, -0.2) is 0 Å². The van der Waals surface area contributed by atoms with Crippen molar-refractivity contribution in [2.45, 2.75) is 0 Å². The van der Waals surface area contributed by atoms with Gasteiger partial charge in [0.15, 0.2) is 0 Å². The zero-order valence-electron chi connectivity index (χ0n) is 11.2. The van der Waals surface area contributed by atoms with Crippen LogP contribution in [0.5, 0.6) is 0 Å². The summed E-state index contributed by atoms with van der Waals surface area (Å²) in [7, 11) is 1.90. The van der Waals surface area contributed by atoms with Crippen molar-refractivity contribution in [2.75, 3.05) is 5.73 Å². The molecule has 2 N–H and O–H groups in total. The van der Waals surface area contributed by atoms with E-state index in [1.54, 1.807) is 6.07 Å². The Labute approximate surface area is 127 Å². The molecule has 6 heteroatoms. The summed E-state index contributed by atoms with van der Waals surface area (Å²) in [5.74, 6) is 0.603. The van der Waals surface area contributed by atoms with E-state index in [-0.39, 0.29) is 5.56 Å². The number of rotatable bonds is 0. The van der Waals surface area contributed by atoms with Crippen molar-refractivity contribution in [1.82, 2.24) is 14.0 Å². The molecule has 104 valence electrons. The van der Waals surface area contributed by atoms with Crippen LogP contribution < -0.4 is 11.3 Å². The number of nitrogens with zero attached hydrogens (tertiary/aromatic N) is 3. The lowest BCUT2D eigenvalue weighted by molar-refractivity contribution is 0.952. The summed E-state index contributed by atoms with van der Waals surface area (Å²) < 4.78 is 4.85. The van der Waals surface area contributed by atoms with Crippen molar-refractivity contribution in [3.63, 3.8) is 0 Å². The number of aromatic nitrogens is 3. The summed E-state index contributed by atoms with van der Waals surface area (Å²) in [5.41, 5.74) is 8.86. The summed E-state index contributed by atoms with van der Waals surface area (Å²) in [6.45, 7) is 0. The number of imidazole rings is 1. The van der Waals surface area contributed by atoms with Gasteiger partial charge in [0.05, 0.1) is 21.9 Å². The summed E-state index contributed by atoms with van der Waals surface area (Å²) >= 11 is 3.47. The Morgan fingerprint density at radius 2 is 1.95 bits per heavy atom. The van der Waals surface area contributed by atoms with Crippen LogP contribution in [0, 0.1) is 0 Å². The lowest BCUT2D eigenvalue weighted by Crippen LogP contribution is -2.13. The Hall–Kier alpha value is -2.34. The number of nitrogens with two attached hydrogens (primary N) is 1. The molecule has 0 saturated carbocycles. The Morgan fingerprint density at radius 1 is 1.14 bits per heavy atom. The maximum absolute atomic E-state index is 12.3. The molecule has 5 nitrogen and oxygen atoms in total. The molecule has 0 aliphatic rings. The lowest BCUT2D eigenvalue weighted by Gasteiger charge is -2.04. The van der Waals surface area contributed by atoms with Gasteiger partial charge in [0.2, 0.25) is 5.78 Å². The van der Waals surface area contributed by atoms with Crippen LogP contribution in [0.1, 0.15) is 0 Å². The van der Waals surface area contributed by atoms with Crippen molar-refractivity contribution in [2.24, 2.45) is 7.05 Å². The molecule has 4 aromatic rings. The van der Waals surface area contributed by atoms with Gasteiger partial charge < -0.3 is 10.3 Å². The lowest BCUT2D eigenvalue weighted by atomic mass is 10.2. The molecule has 2 aromatic heterocycles. The van der Waals surface area contributed by atoms with Crippen LogP contribution in [0.2, 0.25) is 0 Å². The molecular weight excluding hydrogens is 332 g/mol. The second kappa shape index (κ2) is 4.08. The van der Waals surface area contributed by atoms with Crippen LogP contribution in [0.4, 0.5) is 5.69 Å².